The van der Waals surface area contributed by atoms with Gasteiger partial charge in [0.25, 0.3) is 0 Å². The second kappa shape index (κ2) is 6.46. The Morgan fingerprint density at radius 2 is 1.76 bits per heavy atom. The van der Waals surface area contributed by atoms with Crippen molar-refractivity contribution in [3.63, 3.8) is 0 Å². The molecule has 0 heterocycles. The number of rotatable bonds is 4. The summed E-state index contributed by atoms with van der Waals surface area (Å²) >= 11 is 11.2. The van der Waals surface area contributed by atoms with Gasteiger partial charge in [-0.05, 0) is 55.7 Å². The van der Waals surface area contributed by atoms with Gasteiger partial charge in [0, 0.05) is 16.1 Å². The van der Waals surface area contributed by atoms with Crippen LogP contribution in [0.25, 0.3) is 0 Å². The third kappa shape index (κ3) is 3.74. The largest absolute Gasteiger partial charge is 0.488 e. The molecule has 21 heavy (non-hydrogen) atoms. The summed E-state index contributed by atoms with van der Waals surface area (Å²) in [6.45, 7) is 6.42. The topological polar surface area (TPSA) is 35.2 Å². The van der Waals surface area contributed by atoms with E-state index in [1.165, 1.54) is 0 Å². The fraction of sp³-hybridized carbons (Fsp3) is 0.235. The van der Waals surface area contributed by atoms with Crippen molar-refractivity contribution in [2.24, 2.45) is 5.73 Å². The Kier molecular flexibility index (Phi) is 4.86. The van der Waals surface area contributed by atoms with Crippen LogP contribution in [0.2, 0.25) is 5.02 Å². The Morgan fingerprint density at radius 1 is 1.14 bits per heavy atom. The van der Waals surface area contributed by atoms with Gasteiger partial charge in [0.2, 0.25) is 0 Å². The number of aryl methyl sites for hydroxylation is 3. The van der Waals surface area contributed by atoms with E-state index in [-0.39, 0.29) is 0 Å². The molecule has 0 bridgehead atoms. The number of hydrogen-bond acceptors (Lipinski definition) is 2. The van der Waals surface area contributed by atoms with E-state index in [0.717, 1.165) is 38.6 Å². The summed E-state index contributed by atoms with van der Waals surface area (Å²) in [6.07, 6.45) is 0. The SMILES string of the molecule is Cc1ccc(COc2c(C)cc(C(N)=S)cc2C)c(Cl)c1. The molecule has 2 N–H and O–H groups in total. The molecule has 0 aromatic heterocycles. The molecule has 0 radical (unpaired) electrons. The van der Waals surface area contributed by atoms with Crippen LogP contribution in [0.5, 0.6) is 5.75 Å². The molecular weight excluding hydrogens is 302 g/mol. The monoisotopic (exact) mass is 319 g/mol. The van der Waals surface area contributed by atoms with Crippen LogP contribution in [0.15, 0.2) is 30.3 Å². The van der Waals surface area contributed by atoms with Crippen molar-refractivity contribution in [2.45, 2.75) is 27.4 Å². The van der Waals surface area contributed by atoms with Gasteiger partial charge in [-0.2, -0.15) is 0 Å². The zero-order valence-electron chi connectivity index (χ0n) is 12.4. The number of hydrogen-bond donors (Lipinski definition) is 1. The first-order chi connectivity index (χ1) is 9.88. The third-order valence-corrected chi connectivity index (χ3v) is 3.91. The van der Waals surface area contributed by atoms with Crippen molar-refractivity contribution in [1.82, 2.24) is 0 Å². The first kappa shape index (κ1) is 15.8. The quantitative estimate of drug-likeness (QED) is 0.844. The molecule has 2 aromatic carbocycles. The lowest BCUT2D eigenvalue weighted by molar-refractivity contribution is 0.302. The molecule has 0 atom stereocenters. The summed E-state index contributed by atoms with van der Waals surface area (Å²) in [5, 5.41) is 0.727. The summed E-state index contributed by atoms with van der Waals surface area (Å²) in [4.78, 5) is 0.398. The van der Waals surface area contributed by atoms with E-state index >= 15 is 0 Å². The zero-order chi connectivity index (χ0) is 15.6. The van der Waals surface area contributed by atoms with Gasteiger partial charge < -0.3 is 10.5 Å². The van der Waals surface area contributed by atoms with E-state index < -0.39 is 0 Å². The molecule has 0 aliphatic heterocycles. The number of halogens is 1. The summed E-state index contributed by atoms with van der Waals surface area (Å²) < 4.78 is 5.94. The fourth-order valence-electron chi connectivity index (χ4n) is 2.24. The van der Waals surface area contributed by atoms with Crippen LogP contribution >= 0.6 is 23.8 Å². The molecular formula is C17H18ClNOS. The van der Waals surface area contributed by atoms with E-state index in [2.05, 4.69) is 0 Å². The van der Waals surface area contributed by atoms with E-state index in [9.17, 15) is 0 Å². The van der Waals surface area contributed by atoms with Gasteiger partial charge in [-0.15, -0.1) is 0 Å². The third-order valence-electron chi connectivity index (χ3n) is 3.33. The van der Waals surface area contributed by atoms with Gasteiger partial charge in [0.05, 0.1) is 0 Å². The molecule has 0 spiro atoms. The summed E-state index contributed by atoms with van der Waals surface area (Å²) in [6, 6.07) is 9.85. The van der Waals surface area contributed by atoms with E-state index in [4.69, 9.17) is 34.3 Å². The molecule has 0 unspecified atom stereocenters. The molecule has 0 saturated carbocycles. The van der Waals surface area contributed by atoms with Gasteiger partial charge in [-0.3, -0.25) is 0 Å². The Balaban J connectivity index is 2.22. The Labute approximate surface area is 135 Å². The lowest BCUT2D eigenvalue weighted by atomic mass is 10.1. The minimum atomic E-state index is 0.398. The van der Waals surface area contributed by atoms with Crippen molar-refractivity contribution < 1.29 is 4.74 Å². The molecule has 2 aromatic rings. The van der Waals surface area contributed by atoms with Crippen molar-refractivity contribution >= 4 is 28.8 Å². The molecule has 0 fully saturated rings. The van der Waals surface area contributed by atoms with Crippen LogP contribution in [0.4, 0.5) is 0 Å². The summed E-state index contributed by atoms with van der Waals surface area (Å²) in [5.41, 5.74) is 10.7. The average molecular weight is 320 g/mol. The van der Waals surface area contributed by atoms with Crippen LogP contribution in [0.3, 0.4) is 0 Å². The molecule has 0 aliphatic rings. The summed E-state index contributed by atoms with van der Waals surface area (Å²) in [5.74, 6) is 0.853. The molecule has 0 saturated heterocycles. The molecule has 0 amide bonds. The molecule has 110 valence electrons. The van der Waals surface area contributed by atoms with E-state index in [1.54, 1.807) is 0 Å². The minimum absolute atomic E-state index is 0.398. The van der Waals surface area contributed by atoms with Crippen LogP contribution in [0, 0.1) is 20.8 Å². The highest BCUT2D eigenvalue weighted by molar-refractivity contribution is 7.80. The van der Waals surface area contributed by atoms with Crippen LogP contribution in [0.1, 0.15) is 27.8 Å². The Bertz CT molecular complexity index is 674. The van der Waals surface area contributed by atoms with E-state index in [0.29, 0.717) is 11.6 Å². The number of nitrogens with two attached hydrogens (primary N) is 1. The normalized spacial score (nSPS) is 10.5. The maximum atomic E-state index is 6.23. The first-order valence-electron chi connectivity index (χ1n) is 6.67. The van der Waals surface area contributed by atoms with Gasteiger partial charge in [0.15, 0.2) is 0 Å². The lowest BCUT2D eigenvalue weighted by Crippen LogP contribution is -2.10. The maximum absolute atomic E-state index is 6.23. The minimum Gasteiger partial charge on any atom is -0.488 e. The Morgan fingerprint density at radius 3 is 2.29 bits per heavy atom. The predicted octanol–water partition coefficient (Wildman–Crippen LogP) is 4.48. The second-order valence-corrected chi connectivity index (χ2v) is 6.03. The van der Waals surface area contributed by atoms with Crippen LogP contribution in [-0.2, 0) is 6.61 Å². The number of thiocarbonyl (C=S) groups is 1. The van der Waals surface area contributed by atoms with Crippen molar-refractivity contribution in [2.75, 3.05) is 0 Å². The van der Waals surface area contributed by atoms with Crippen molar-refractivity contribution in [1.29, 1.82) is 0 Å². The summed E-state index contributed by atoms with van der Waals surface area (Å²) in [7, 11) is 0. The van der Waals surface area contributed by atoms with Crippen molar-refractivity contribution in [3.05, 3.63) is 63.2 Å². The standard InChI is InChI=1S/C17H18ClNOS/c1-10-4-5-13(15(18)6-10)9-20-16-11(2)7-14(17(19)21)8-12(16)3/h4-8H,9H2,1-3H3,(H2,19,21). The molecule has 0 aliphatic carbocycles. The van der Waals surface area contributed by atoms with Crippen molar-refractivity contribution in [3.8, 4) is 5.75 Å². The van der Waals surface area contributed by atoms with Gasteiger partial charge >= 0.3 is 0 Å². The zero-order valence-corrected chi connectivity index (χ0v) is 13.9. The number of benzene rings is 2. The van der Waals surface area contributed by atoms with Crippen LogP contribution in [-0.4, -0.2) is 4.99 Å². The predicted molar refractivity (Wildman–Crippen MR) is 92.3 cm³/mol. The van der Waals surface area contributed by atoms with Gasteiger partial charge in [-0.1, -0.05) is 36.0 Å². The second-order valence-electron chi connectivity index (χ2n) is 5.19. The molecule has 4 heteroatoms. The maximum Gasteiger partial charge on any atom is 0.125 e. The first-order valence-corrected chi connectivity index (χ1v) is 7.46. The number of ether oxygens (including phenoxy) is 1. The van der Waals surface area contributed by atoms with Gasteiger partial charge in [0.1, 0.15) is 17.3 Å². The lowest BCUT2D eigenvalue weighted by Gasteiger charge is -2.14. The highest BCUT2D eigenvalue weighted by Crippen LogP contribution is 2.27. The average Bonchev–Trinajstić information content (AvgIpc) is 2.39. The van der Waals surface area contributed by atoms with Gasteiger partial charge in [-0.25, -0.2) is 0 Å². The fourth-order valence-corrected chi connectivity index (χ4v) is 2.65. The van der Waals surface area contributed by atoms with E-state index in [1.807, 2.05) is 51.1 Å². The smallest absolute Gasteiger partial charge is 0.125 e. The molecule has 2 nitrogen and oxygen atoms in total. The Hall–Kier alpha value is -1.58. The van der Waals surface area contributed by atoms with Crippen LogP contribution < -0.4 is 10.5 Å². The highest BCUT2D eigenvalue weighted by Gasteiger charge is 2.09. The highest BCUT2D eigenvalue weighted by atomic mass is 35.5. The molecule has 2 rings (SSSR count).